The van der Waals surface area contributed by atoms with E-state index in [9.17, 15) is 9.18 Å². The third-order valence-corrected chi connectivity index (χ3v) is 11.7. The maximum absolute atomic E-state index is 15.9. The van der Waals surface area contributed by atoms with Crippen LogP contribution in [-0.2, 0) is 47.7 Å². The second-order valence-electron chi connectivity index (χ2n) is 13.3. The standard InChI is InChI=1S/C39H38FN5O3S/c1-26-24-45-37(48-25-26)35(23-41-45)49(47,43-38(46)42-36-33-19-11-12-27(33)20-28-21-32(40)22-34(28)36)44-39(29-13-5-2-6-14-29,30-15-7-3-8-16-30)31-17-9-4-10-18-31/h2-10,13-18,20,23,26,32H,11-12,19,21-22,24-25H2,1H3,(H2,42,43,44,46,47)/t26-,32+,49-/m0/s1. The van der Waals surface area contributed by atoms with Crippen LogP contribution in [0.2, 0.25) is 0 Å². The van der Waals surface area contributed by atoms with Gasteiger partial charge in [-0.15, -0.1) is 0 Å². The number of carbonyl (C=O) groups is 1. The van der Waals surface area contributed by atoms with E-state index in [0.717, 1.165) is 58.2 Å². The van der Waals surface area contributed by atoms with Crippen LogP contribution < -0.4 is 14.8 Å². The highest BCUT2D eigenvalue weighted by atomic mass is 32.2. The van der Waals surface area contributed by atoms with E-state index < -0.39 is 27.7 Å². The molecule has 2 N–H and O–H groups in total. The molecule has 2 aliphatic carbocycles. The lowest BCUT2D eigenvalue weighted by molar-refractivity contribution is 0.170. The van der Waals surface area contributed by atoms with Crippen molar-refractivity contribution in [2.45, 2.75) is 62.2 Å². The van der Waals surface area contributed by atoms with Crippen LogP contribution in [0.5, 0.6) is 5.88 Å². The number of nitrogens with zero attached hydrogens (tertiary/aromatic N) is 3. The van der Waals surface area contributed by atoms with Gasteiger partial charge >= 0.3 is 6.03 Å². The molecule has 8 rings (SSSR count). The molecule has 1 aromatic heterocycles. The van der Waals surface area contributed by atoms with E-state index in [1.807, 2.05) is 91.0 Å². The molecule has 3 atom stereocenters. The molecule has 0 bridgehead atoms. The molecule has 2 heterocycles. The first-order valence-electron chi connectivity index (χ1n) is 16.9. The minimum absolute atomic E-state index is 0.189. The van der Waals surface area contributed by atoms with Crippen LogP contribution in [-0.4, -0.2) is 32.8 Å². The summed E-state index contributed by atoms with van der Waals surface area (Å²) in [5, 5.41) is 7.60. The average Bonchev–Trinajstić information content (AvgIpc) is 3.86. The van der Waals surface area contributed by atoms with Crippen LogP contribution in [0.4, 0.5) is 14.9 Å². The van der Waals surface area contributed by atoms with Gasteiger partial charge in [-0.3, -0.25) is 0 Å². The quantitative estimate of drug-likeness (QED) is 0.176. The number of aryl methyl sites for hydroxylation is 1. The number of anilines is 1. The Morgan fingerprint density at radius 2 is 1.55 bits per heavy atom. The Kier molecular flexibility index (Phi) is 7.98. The molecule has 5 aromatic rings. The van der Waals surface area contributed by atoms with Crippen molar-refractivity contribution in [2.24, 2.45) is 10.3 Å². The van der Waals surface area contributed by atoms with Gasteiger partial charge in [-0.05, 0) is 58.2 Å². The van der Waals surface area contributed by atoms with E-state index in [0.29, 0.717) is 31.1 Å². The molecule has 0 unspecified atom stereocenters. The Hall–Kier alpha value is -4.96. The Balaban J connectivity index is 1.34. The summed E-state index contributed by atoms with van der Waals surface area (Å²) < 4.78 is 46.7. The Morgan fingerprint density at radius 3 is 2.18 bits per heavy atom. The van der Waals surface area contributed by atoms with Crippen molar-refractivity contribution in [3.8, 4) is 5.88 Å². The number of nitrogens with one attached hydrogen (secondary N) is 2. The smallest absolute Gasteiger partial charge is 0.331 e. The minimum Gasteiger partial charge on any atom is -0.477 e. The van der Waals surface area contributed by atoms with Crippen molar-refractivity contribution in [2.75, 3.05) is 11.9 Å². The van der Waals surface area contributed by atoms with Gasteiger partial charge in [0.25, 0.3) is 0 Å². The summed E-state index contributed by atoms with van der Waals surface area (Å²) in [4.78, 5) is 14.5. The van der Waals surface area contributed by atoms with Crippen molar-refractivity contribution >= 4 is 21.6 Å². The predicted octanol–water partition coefficient (Wildman–Crippen LogP) is 7.39. The molecule has 0 spiro atoms. The number of hydrogen-bond donors (Lipinski definition) is 2. The van der Waals surface area contributed by atoms with E-state index in [4.69, 9.17) is 9.10 Å². The number of fused-ring (bicyclic) bond motifs is 3. The molecule has 0 fully saturated rings. The lowest BCUT2D eigenvalue weighted by Crippen LogP contribution is -2.38. The van der Waals surface area contributed by atoms with Crippen molar-refractivity contribution in [3.05, 3.63) is 142 Å². The van der Waals surface area contributed by atoms with E-state index in [-0.39, 0.29) is 17.2 Å². The maximum atomic E-state index is 15.9. The highest BCUT2D eigenvalue weighted by Crippen LogP contribution is 2.44. The molecule has 250 valence electrons. The van der Waals surface area contributed by atoms with Gasteiger partial charge in [-0.2, -0.15) is 9.46 Å². The first-order chi connectivity index (χ1) is 23.8. The lowest BCUT2D eigenvalue weighted by atomic mass is 9.78. The summed E-state index contributed by atoms with van der Waals surface area (Å²) in [5.74, 6) is 0.514. The highest BCUT2D eigenvalue weighted by molar-refractivity contribution is 7.92. The number of hydrogen-bond acceptors (Lipinski definition) is 5. The second-order valence-corrected chi connectivity index (χ2v) is 15.2. The Labute approximate surface area is 286 Å². The zero-order valence-corrected chi connectivity index (χ0v) is 28.1. The highest BCUT2D eigenvalue weighted by Gasteiger charge is 2.41. The third-order valence-electron chi connectivity index (χ3n) is 9.82. The molecular weight excluding hydrogens is 638 g/mol. The first kappa shape index (κ1) is 31.3. The van der Waals surface area contributed by atoms with E-state index in [2.05, 4.69) is 28.1 Å². The summed E-state index contributed by atoms with van der Waals surface area (Å²) >= 11 is 0. The van der Waals surface area contributed by atoms with Gasteiger partial charge in [0, 0.05) is 24.4 Å². The van der Waals surface area contributed by atoms with Crippen LogP contribution in [0.25, 0.3) is 0 Å². The van der Waals surface area contributed by atoms with Crippen LogP contribution in [0.1, 0.15) is 52.3 Å². The lowest BCUT2D eigenvalue weighted by Gasteiger charge is -2.33. The first-order valence-corrected chi connectivity index (χ1v) is 18.4. The zero-order valence-electron chi connectivity index (χ0n) is 27.3. The van der Waals surface area contributed by atoms with E-state index in [1.165, 1.54) is 6.20 Å². The van der Waals surface area contributed by atoms with Gasteiger partial charge in [-0.1, -0.05) is 104 Å². The van der Waals surface area contributed by atoms with Crippen LogP contribution >= 0.6 is 0 Å². The fraction of sp³-hybridized carbons (Fsp3) is 0.282. The molecular formula is C39H38FN5O3S. The van der Waals surface area contributed by atoms with Crippen LogP contribution in [0, 0.1) is 5.92 Å². The summed E-state index contributed by atoms with van der Waals surface area (Å²) in [6.45, 7) is 3.04. The molecule has 0 saturated carbocycles. The van der Waals surface area contributed by atoms with Crippen molar-refractivity contribution in [1.82, 2.24) is 14.5 Å². The summed E-state index contributed by atoms with van der Waals surface area (Å²) in [5.41, 5.74) is 5.53. The van der Waals surface area contributed by atoms with Gasteiger partial charge in [0.2, 0.25) is 5.88 Å². The maximum Gasteiger partial charge on any atom is 0.331 e. The second kappa shape index (κ2) is 12.5. The Morgan fingerprint density at radius 1 is 0.918 bits per heavy atom. The van der Waals surface area contributed by atoms with Crippen molar-refractivity contribution in [3.63, 3.8) is 0 Å². The summed E-state index contributed by atoms with van der Waals surface area (Å²) in [6, 6.07) is 30.5. The summed E-state index contributed by atoms with van der Waals surface area (Å²) in [7, 11) is -3.86. The molecule has 3 aliphatic rings. The number of ether oxygens (including phenoxy) is 1. The number of alkyl halides is 1. The molecule has 4 aromatic carbocycles. The van der Waals surface area contributed by atoms with Crippen LogP contribution in [0.15, 0.2) is 113 Å². The number of halogens is 1. The van der Waals surface area contributed by atoms with Crippen LogP contribution in [0.3, 0.4) is 0 Å². The third kappa shape index (κ3) is 5.57. The summed E-state index contributed by atoms with van der Waals surface area (Å²) in [6.07, 6.45) is 3.70. The number of rotatable bonds is 7. The fourth-order valence-electron chi connectivity index (χ4n) is 7.62. The van der Waals surface area contributed by atoms with E-state index in [1.54, 1.807) is 4.68 Å². The van der Waals surface area contributed by atoms with Crippen molar-refractivity contribution < 1.29 is 18.1 Å². The number of amides is 2. The molecule has 10 heteroatoms. The SMILES string of the molecule is C[C@@H]1COc2c([S@@](=O)(=NC(c3ccccc3)(c3ccccc3)c3ccccc3)NC(=O)Nc3c4c(cc5c3C[C@H](F)C5)CCC4)cnn2C1. The zero-order chi connectivity index (χ0) is 33.6. The van der Waals surface area contributed by atoms with Gasteiger partial charge in [0.1, 0.15) is 16.6 Å². The van der Waals surface area contributed by atoms with Crippen molar-refractivity contribution in [1.29, 1.82) is 0 Å². The number of benzene rings is 4. The van der Waals surface area contributed by atoms with Gasteiger partial charge < -0.3 is 10.1 Å². The molecule has 8 nitrogen and oxygen atoms in total. The molecule has 0 saturated heterocycles. The Bertz CT molecular complexity index is 2050. The van der Waals surface area contributed by atoms with Gasteiger partial charge in [0.15, 0.2) is 9.92 Å². The molecule has 0 radical (unpaired) electrons. The number of urea groups is 1. The largest absolute Gasteiger partial charge is 0.477 e. The predicted molar refractivity (Wildman–Crippen MR) is 188 cm³/mol. The monoisotopic (exact) mass is 675 g/mol. The number of carbonyl (C=O) groups excluding carboxylic acids is 1. The number of aromatic nitrogens is 2. The minimum atomic E-state index is -3.86. The average molecular weight is 676 g/mol. The normalized spacial score (nSPS) is 19.1. The molecule has 2 amide bonds. The van der Waals surface area contributed by atoms with E-state index >= 15 is 4.21 Å². The van der Waals surface area contributed by atoms with Gasteiger partial charge in [-0.25, -0.2) is 22.8 Å². The molecule has 1 aliphatic heterocycles. The topological polar surface area (TPSA) is 97.6 Å². The molecule has 49 heavy (non-hydrogen) atoms. The fourth-order valence-corrected chi connectivity index (χ4v) is 9.47. The van der Waals surface area contributed by atoms with Gasteiger partial charge in [0.05, 0.1) is 19.3 Å².